The highest BCUT2D eigenvalue weighted by atomic mass is 19.1. The summed E-state index contributed by atoms with van der Waals surface area (Å²) in [6.07, 6.45) is 3.22. The molecule has 0 radical (unpaired) electrons. The molecule has 3 saturated carbocycles. The summed E-state index contributed by atoms with van der Waals surface area (Å²) in [5, 5.41) is 9.98. The third kappa shape index (κ3) is 3.22. The van der Waals surface area contributed by atoms with Crippen LogP contribution in [0.3, 0.4) is 0 Å². The number of ether oxygens (including phenoxy) is 3. The Kier molecular flexibility index (Phi) is 5.52. The van der Waals surface area contributed by atoms with Gasteiger partial charge in [0.1, 0.15) is 18.9 Å². The summed E-state index contributed by atoms with van der Waals surface area (Å²) in [6, 6.07) is 0. The van der Waals surface area contributed by atoms with Crippen LogP contribution in [0.2, 0.25) is 0 Å². The molecule has 5 rings (SSSR count). The van der Waals surface area contributed by atoms with Crippen molar-refractivity contribution in [3.8, 4) is 0 Å². The molecule has 8 heteroatoms. The number of carbonyl (C=O) groups is 3. The minimum Gasteiger partial charge on any atom is -0.462 e. The van der Waals surface area contributed by atoms with Gasteiger partial charge in [0, 0.05) is 23.2 Å². The number of halogens is 1. The number of allylic oxidation sites excluding steroid dienone is 4. The second-order valence-electron chi connectivity index (χ2n) is 11.8. The molecule has 4 aliphatic carbocycles. The van der Waals surface area contributed by atoms with Gasteiger partial charge in [0.25, 0.3) is 0 Å². The third-order valence-corrected chi connectivity index (χ3v) is 9.58. The van der Waals surface area contributed by atoms with Crippen LogP contribution in [0.25, 0.3) is 0 Å². The molecular formula is C27H35FO7. The number of rotatable bonds is 4. The smallest absolute Gasteiger partial charge is 0.305 e. The van der Waals surface area contributed by atoms with Crippen molar-refractivity contribution in [2.24, 2.45) is 28.6 Å². The summed E-state index contributed by atoms with van der Waals surface area (Å²) in [5.74, 6) is -2.78. The van der Waals surface area contributed by atoms with Gasteiger partial charge in [-0.2, -0.15) is 0 Å². The monoisotopic (exact) mass is 490 g/mol. The predicted octanol–water partition coefficient (Wildman–Crippen LogP) is 3.24. The topological polar surface area (TPSA) is 99.1 Å². The zero-order chi connectivity index (χ0) is 25.6. The Morgan fingerprint density at radius 2 is 1.94 bits per heavy atom. The SMILES string of the molecule is CCC(=O)O[C@H]1C[C@@]2(C)[C@@H](C[C@H]3OC(C)(C)O[C@]32C(=O)CO)[C@@H]2C[C@H](F)C3=CC(=O)C=C[C@]3(C)[C@H]21. The van der Waals surface area contributed by atoms with E-state index in [4.69, 9.17) is 14.2 Å². The average Bonchev–Trinajstić information content (AvgIpc) is 3.20. The predicted molar refractivity (Wildman–Crippen MR) is 123 cm³/mol. The molecule has 0 spiro atoms. The number of carbonyl (C=O) groups excluding carboxylic acids is 3. The van der Waals surface area contributed by atoms with Crippen molar-refractivity contribution in [1.82, 2.24) is 0 Å². The first-order valence-electron chi connectivity index (χ1n) is 12.6. The van der Waals surface area contributed by atoms with Gasteiger partial charge in [-0.05, 0) is 62.7 Å². The molecule has 0 aromatic heterocycles. The number of fused-ring (bicyclic) bond motifs is 7. The van der Waals surface area contributed by atoms with Gasteiger partial charge in [-0.15, -0.1) is 0 Å². The molecule has 0 amide bonds. The summed E-state index contributed by atoms with van der Waals surface area (Å²) in [7, 11) is 0. The Hall–Kier alpha value is -1.90. The fourth-order valence-electron chi connectivity index (χ4n) is 8.38. The second-order valence-corrected chi connectivity index (χ2v) is 11.8. The summed E-state index contributed by atoms with van der Waals surface area (Å²) in [4.78, 5) is 38.1. The maximum atomic E-state index is 15.7. The van der Waals surface area contributed by atoms with Gasteiger partial charge < -0.3 is 19.3 Å². The summed E-state index contributed by atoms with van der Waals surface area (Å²) in [6.45, 7) is 8.37. The van der Waals surface area contributed by atoms with Crippen LogP contribution < -0.4 is 0 Å². The fraction of sp³-hybridized carbons (Fsp3) is 0.741. The van der Waals surface area contributed by atoms with Crippen molar-refractivity contribution in [1.29, 1.82) is 0 Å². The Morgan fingerprint density at radius 3 is 2.60 bits per heavy atom. The Balaban J connectivity index is 1.66. The number of aliphatic hydroxyl groups is 1. The van der Waals surface area contributed by atoms with E-state index < -0.39 is 53.0 Å². The van der Waals surface area contributed by atoms with E-state index in [2.05, 4.69) is 0 Å². The van der Waals surface area contributed by atoms with Crippen LogP contribution in [-0.4, -0.2) is 59.0 Å². The molecule has 0 aromatic carbocycles. The van der Waals surface area contributed by atoms with Gasteiger partial charge in [0.15, 0.2) is 23.0 Å². The van der Waals surface area contributed by atoms with Crippen LogP contribution in [0, 0.1) is 28.6 Å². The van der Waals surface area contributed by atoms with E-state index >= 15 is 4.39 Å². The molecule has 1 aliphatic heterocycles. The van der Waals surface area contributed by atoms with E-state index in [0.29, 0.717) is 18.4 Å². The molecule has 0 unspecified atom stereocenters. The van der Waals surface area contributed by atoms with E-state index in [0.717, 1.165) is 0 Å². The number of ketones is 2. The van der Waals surface area contributed by atoms with Crippen LogP contribution in [0.4, 0.5) is 4.39 Å². The van der Waals surface area contributed by atoms with E-state index in [1.807, 2.05) is 13.8 Å². The van der Waals surface area contributed by atoms with Crippen molar-refractivity contribution in [3.05, 3.63) is 23.8 Å². The van der Waals surface area contributed by atoms with E-state index in [-0.39, 0.29) is 42.3 Å². The molecule has 192 valence electrons. The maximum Gasteiger partial charge on any atom is 0.305 e. The number of Topliss-reactive ketones (excluding diaryl/α,β-unsaturated/α-hetero) is 1. The molecule has 1 heterocycles. The first-order valence-corrected chi connectivity index (χ1v) is 12.6. The fourth-order valence-corrected chi connectivity index (χ4v) is 8.38. The largest absolute Gasteiger partial charge is 0.462 e. The molecule has 1 N–H and O–H groups in total. The van der Waals surface area contributed by atoms with Gasteiger partial charge in [-0.3, -0.25) is 14.4 Å². The van der Waals surface area contributed by atoms with Crippen molar-refractivity contribution < 1.29 is 38.1 Å². The molecular weight excluding hydrogens is 455 g/mol. The molecule has 5 aliphatic rings. The zero-order valence-electron chi connectivity index (χ0n) is 21.0. The van der Waals surface area contributed by atoms with Crippen molar-refractivity contribution in [3.63, 3.8) is 0 Å². The highest BCUT2D eigenvalue weighted by molar-refractivity contribution is 6.01. The molecule has 0 aromatic rings. The lowest BCUT2D eigenvalue weighted by Gasteiger charge is -2.60. The highest BCUT2D eigenvalue weighted by Crippen LogP contribution is 2.70. The third-order valence-electron chi connectivity index (χ3n) is 9.58. The first kappa shape index (κ1) is 24.8. The van der Waals surface area contributed by atoms with Crippen LogP contribution in [0.15, 0.2) is 23.8 Å². The lowest BCUT2D eigenvalue weighted by Crippen LogP contribution is -2.65. The average molecular weight is 491 g/mol. The lowest BCUT2D eigenvalue weighted by atomic mass is 9.45. The number of hydrogen-bond acceptors (Lipinski definition) is 7. The number of alkyl halides is 1. The molecule has 0 bridgehead atoms. The van der Waals surface area contributed by atoms with Crippen LogP contribution in [0.5, 0.6) is 0 Å². The Bertz CT molecular complexity index is 1030. The van der Waals surface area contributed by atoms with Crippen LogP contribution in [0.1, 0.15) is 60.3 Å². The first-order chi connectivity index (χ1) is 16.3. The van der Waals surface area contributed by atoms with Gasteiger partial charge in [0.2, 0.25) is 0 Å². The second kappa shape index (κ2) is 7.80. The van der Waals surface area contributed by atoms with Crippen LogP contribution in [-0.2, 0) is 28.6 Å². The molecule has 1 saturated heterocycles. The molecule has 4 fully saturated rings. The van der Waals surface area contributed by atoms with Gasteiger partial charge in [-0.25, -0.2) is 4.39 Å². The summed E-state index contributed by atoms with van der Waals surface area (Å²) in [5.41, 5.74) is -2.64. The normalized spacial score (nSPS) is 47.3. The minimum absolute atomic E-state index is 0.160. The van der Waals surface area contributed by atoms with Gasteiger partial charge in [0.05, 0.1) is 6.10 Å². The maximum absolute atomic E-state index is 15.7. The Morgan fingerprint density at radius 1 is 1.23 bits per heavy atom. The molecule has 9 atom stereocenters. The summed E-state index contributed by atoms with van der Waals surface area (Å²) >= 11 is 0. The summed E-state index contributed by atoms with van der Waals surface area (Å²) < 4.78 is 34.4. The molecule has 35 heavy (non-hydrogen) atoms. The van der Waals surface area contributed by atoms with E-state index in [1.54, 1.807) is 26.8 Å². The lowest BCUT2D eigenvalue weighted by molar-refractivity contribution is -0.230. The van der Waals surface area contributed by atoms with Crippen molar-refractivity contribution >= 4 is 17.5 Å². The minimum atomic E-state index is -1.42. The number of esters is 1. The van der Waals surface area contributed by atoms with E-state index in [1.165, 1.54) is 12.2 Å². The zero-order valence-corrected chi connectivity index (χ0v) is 21.0. The Labute approximate surface area is 205 Å². The van der Waals surface area contributed by atoms with E-state index in [9.17, 15) is 19.5 Å². The number of hydrogen-bond donors (Lipinski definition) is 1. The van der Waals surface area contributed by atoms with Gasteiger partial charge >= 0.3 is 5.97 Å². The van der Waals surface area contributed by atoms with Crippen molar-refractivity contribution in [2.45, 2.75) is 90.1 Å². The van der Waals surface area contributed by atoms with Crippen molar-refractivity contribution in [2.75, 3.05) is 6.61 Å². The molecule has 7 nitrogen and oxygen atoms in total. The van der Waals surface area contributed by atoms with Crippen LogP contribution >= 0.6 is 0 Å². The highest BCUT2D eigenvalue weighted by Gasteiger charge is 2.77. The standard InChI is InChI=1S/C27H35FO7/c1-6-22(32)33-19-12-26(5)16(11-21-27(26,20(31)13-29)35-24(2,3)34-21)15-10-18(28)17-9-14(30)7-8-25(17,4)23(15)19/h7-9,15-16,18-19,21,23,29H,6,10-13H2,1-5H3/t15-,16-,18-,19-,21+,23+,25-,26-,27+/m0/s1. The quantitative estimate of drug-likeness (QED) is 0.604. The van der Waals surface area contributed by atoms with Gasteiger partial charge in [-0.1, -0.05) is 26.8 Å². The number of aliphatic hydroxyl groups excluding tert-OH is 1.